The van der Waals surface area contributed by atoms with Crippen LogP contribution in [0.1, 0.15) is 12.8 Å². The van der Waals surface area contributed by atoms with Crippen LogP contribution < -0.4 is 0 Å². The zero-order valence-electron chi connectivity index (χ0n) is 10.5. The van der Waals surface area contributed by atoms with Gasteiger partial charge in [-0.25, -0.2) is 4.98 Å². The highest BCUT2D eigenvalue weighted by molar-refractivity contribution is 7.99. The molecule has 1 aromatic heterocycles. The molecule has 0 radical (unpaired) electrons. The molecule has 20 heavy (non-hydrogen) atoms. The zero-order valence-corrected chi connectivity index (χ0v) is 12.0. The molecule has 1 aliphatic rings. The van der Waals surface area contributed by atoms with Crippen molar-refractivity contribution in [1.82, 2.24) is 9.88 Å². The highest BCUT2D eigenvalue weighted by atomic mass is 35.5. The minimum Gasteiger partial charge on any atom is -0.431 e. The molecule has 2 heterocycles. The molecular weight excluding hydrogens is 300 g/mol. The van der Waals surface area contributed by atoms with Crippen molar-refractivity contribution < 1.29 is 14.0 Å². The number of thioether (sulfide) groups is 1. The number of benzene rings is 1. The van der Waals surface area contributed by atoms with Crippen LogP contribution in [0, 0.1) is 0 Å². The van der Waals surface area contributed by atoms with Gasteiger partial charge in [0.25, 0.3) is 5.22 Å². The Labute approximate surface area is 124 Å². The third-order valence-corrected chi connectivity index (χ3v) is 4.07. The zero-order chi connectivity index (χ0) is 14.1. The standard InChI is InChI=1S/C13H11ClN2O3S/c14-8-1-2-10-9(7-8)15-13(19-10)20-6-5-16-11(17)3-4-12(16)18/h1-2,7H,3-6H2. The van der Waals surface area contributed by atoms with Gasteiger partial charge in [-0.15, -0.1) is 0 Å². The van der Waals surface area contributed by atoms with E-state index in [1.54, 1.807) is 18.2 Å². The number of carbonyl (C=O) groups is 2. The number of oxazole rings is 1. The maximum atomic E-state index is 11.4. The second-order valence-electron chi connectivity index (χ2n) is 4.38. The van der Waals surface area contributed by atoms with E-state index in [0.29, 0.717) is 46.5 Å². The fraction of sp³-hybridized carbons (Fsp3) is 0.308. The molecule has 0 unspecified atom stereocenters. The molecule has 0 N–H and O–H groups in total. The normalized spacial score (nSPS) is 15.6. The number of rotatable bonds is 4. The van der Waals surface area contributed by atoms with Gasteiger partial charge in [0, 0.05) is 30.2 Å². The van der Waals surface area contributed by atoms with E-state index in [4.69, 9.17) is 16.0 Å². The first-order chi connectivity index (χ1) is 9.63. The smallest absolute Gasteiger partial charge is 0.256 e. The molecule has 0 saturated carbocycles. The molecule has 0 aliphatic carbocycles. The molecule has 2 aromatic rings. The summed E-state index contributed by atoms with van der Waals surface area (Å²) in [5.41, 5.74) is 1.37. The Kier molecular flexibility index (Phi) is 3.67. The summed E-state index contributed by atoms with van der Waals surface area (Å²) in [5, 5.41) is 1.12. The van der Waals surface area contributed by atoms with Gasteiger partial charge in [-0.05, 0) is 18.2 Å². The van der Waals surface area contributed by atoms with Crippen molar-refractivity contribution in [2.75, 3.05) is 12.3 Å². The van der Waals surface area contributed by atoms with Crippen molar-refractivity contribution in [3.8, 4) is 0 Å². The number of fused-ring (bicyclic) bond motifs is 1. The Bertz CT molecular complexity index is 669. The number of amides is 2. The van der Waals surface area contributed by atoms with Crippen LogP contribution in [0.3, 0.4) is 0 Å². The average Bonchev–Trinajstić information content (AvgIpc) is 2.95. The van der Waals surface area contributed by atoms with Crippen LogP contribution >= 0.6 is 23.4 Å². The molecule has 0 bridgehead atoms. The van der Waals surface area contributed by atoms with E-state index in [1.165, 1.54) is 16.7 Å². The number of halogens is 1. The van der Waals surface area contributed by atoms with E-state index in [1.807, 2.05) is 0 Å². The molecule has 1 fully saturated rings. The number of imide groups is 1. The Hall–Kier alpha value is -1.53. The first-order valence-corrected chi connectivity index (χ1v) is 7.52. The predicted molar refractivity (Wildman–Crippen MR) is 75.7 cm³/mol. The van der Waals surface area contributed by atoms with E-state index >= 15 is 0 Å². The minimum atomic E-state index is -0.0973. The van der Waals surface area contributed by atoms with Crippen molar-refractivity contribution in [3.63, 3.8) is 0 Å². The third-order valence-electron chi connectivity index (χ3n) is 3.03. The van der Waals surface area contributed by atoms with Gasteiger partial charge in [-0.1, -0.05) is 23.4 Å². The lowest BCUT2D eigenvalue weighted by molar-refractivity contribution is -0.137. The number of nitrogens with zero attached hydrogens (tertiary/aromatic N) is 2. The van der Waals surface area contributed by atoms with E-state index in [-0.39, 0.29) is 11.8 Å². The highest BCUT2D eigenvalue weighted by Crippen LogP contribution is 2.25. The van der Waals surface area contributed by atoms with E-state index in [9.17, 15) is 9.59 Å². The van der Waals surface area contributed by atoms with E-state index in [0.717, 1.165) is 0 Å². The van der Waals surface area contributed by atoms with E-state index in [2.05, 4.69) is 4.98 Å². The van der Waals surface area contributed by atoms with Gasteiger partial charge in [-0.3, -0.25) is 14.5 Å². The summed E-state index contributed by atoms with van der Waals surface area (Å²) in [7, 11) is 0. The summed E-state index contributed by atoms with van der Waals surface area (Å²) in [5.74, 6) is 0.373. The molecule has 7 heteroatoms. The molecule has 3 rings (SSSR count). The second kappa shape index (κ2) is 5.46. The average molecular weight is 311 g/mol. The SMILES string of the molecule is O=C1CCC(=O)N1CCSc1nc2cc(Cl)ccc2o1. The highest BCUT2D eigenvalue weighted by Gasteiger charge is 2.28. The molecule has 2 amide bonds. The predicted octanol–water partition coefficient (Wildman–Crippen LogP) is 2.72. The molecule has 0 spiro atoms. The molecular formula is C13H11ClN2O3S. The Morgan fingerprint density at radius 1 is 1.30 bits per heavy atom. The third kappa shape index (κ3) is 2.66. The van der Waals surface area contributed by atoms with Crippen molar-refractivity contribution in [2.24, 2.45) is 0 Å². The Morgan fingerprint density at radius 2 is 2.05 bits per heavy atom. The van der Waals surface area contributed by atoms with Crippen LogP contribution in [0.5, 0.6) is 0 Å². The number of carbonyl (C=O) groups excluding carboxylic acids is 2. The van der Waals surface area contributed by atoms with Crippen LogP contribution in [0.25, 0.3) is 11.1 Å². The summed E-state index contributed by atoms with van der Waals surface area (Å²) < 4.78 is 5.55. The van der Waals surface area contributed by atoms with Crippen LogP contribution in [-0.4, -0.2) is 34.0 Å². The van der Waals surface area contributed by atoms with Crippen LogP contribution in [0.15, 0.2) is 27.8 Å². The lowest BCUT2D eigenvalue weighted by atomic mass is 10.3. The molecule has 104 valence electrons. The van der Waals surface area contributed by atoms with Crippen molar-refractivity contribution in [3.05, 3.63) is 23.2 Å². The largest absolute Gasteiger partial charge is 0.431 e. The number of aromatic nitrogens is 1. The Balaban J connectivity index is 1.62. The summed E-state index contributed by atoms with van der Waals surface area (Å²) >= 11 is 7.26. The summed E-state index contributed by atoms with van der Waals surface area (Å²) in [4.78, 5) is 28.5. The van der Waals surface area contributed by atoms with Crippen molar-refractivity contribution in [1.29, 1.82) is 0 Å². The lowest BCUT2D eigenvalue weighted by Gasteiger charge is -2.11. The summed E-state index contributed by atoms with van der Waals surface area (Å²) in [6, 6.07) is 5.24. The van der Waals surface area contributed by atoms with Crippen molar-refractivity contribution in [2.45, 2.75) is 18.1 Å². The van der Waals surface area contributed by atoms with Crippen molar-refractivity contribution >= 4 is 46.3 Å². The van der Waals surface area contributed by atoms with Gasteiger partial charge in [0.2, 0.25) is 11.8 Å². The van der Waals surface area contributed by atoms with Gasteiger partial charge >= 0.3 is 0 Å². The molecule has 5 nitrogen and oxygen atoms in total. The van der Waals surface area contributed by atoms with E-state index < -0.39 is 0 Å². The monoisotopic (exact) mass is 310 g/mol. The summed E-state index contributed by atoms with van der Waals surface area (Å²) in [6.07, 6.45) is 0.649. The minimum absolute atomic E-state index is 0.0973. The number of hydrogen-bond acceptors (Lipinski definition) is 5. The van der Waals surface area contributed by atoms with Crippen LogP contribution in [0.4, 0.5) is 0 Å². The summed E-state index contributed by atoms with van der Waals surface area (Å²) in [6.45, 7) is 0.391. The molecule has 1 aliphatic heterocycles. The topological polar surface area (TPSA) is 63.4 Å². The van der Waals surface area contributed by atoms with Crippen LogP contribution in [-0.2, 0) is 9.59 Å². The number of likely N-dealkylation sites (tertiary alicyclic amines) is 1. The van der Waals surface area contributed by atoms with Gasteiger partial charge in [0.15, 0.2) is 5.58 Å². The quantitative estimate of drug-likeness (QED) is 0.642. The molecule has 0 atom stereocenters. The molecule has 1 aromatic carbocycles. The Morgan fingerprint density at radius 3 is 2.80 bits per heavy atom. The van der Waals surface area contributed by atoms with Gasteiger partial charge in [0.05, 0.1) is 0 Å². The molecule has 1 saturated heterocycles. The lowest BCUT2D eigenvalue weighted by Crippen LogP contribution is -2.31. The van der Waals surface area contributed by atoms with Gasteiger partial charge in [-0.2, -0.15) is 0 Å². The number of hydrogen-bond donors (Lipinski definition) is 0. The maximum absolute atomic E-state index is 11.4. The second-order valence-corrected chi connectivity index (χ2v) is 5.86. The first kappa shape index (κ1) is 13.5. The van der Waals surface area contributed by atoms with Crippen LogP contribution in [0.2, 0.25) is 5.02 Å². The van der Waals surface area contributed by atoms with Gasteiger partial charge < -0.3 is 4.42 Å². The fourth-order valence-corrected chi connectivity index (χ4v) is 2.96. The fourth-order valence-electron chi connectivity index (χ4n) is 2.04. The van der Waals surface area contributed by atoms with Gasteiger partial charge in [0.1, 0.15) is 5.52 Å². The first-order valence-electron chi connectivity index (χ1n) is 6.15. The maximum Gasteiger partial charge on any atom is 0.256 e.